The summed E-state index contributed by atoms with van der Waals surface area (Å²) in [5.41, 5.74) is 3.95. The van der Waals surface area contributed by atoms with Crippen molar-refractivity contribution in [3.05, 3.63) is 118 Å². The van der Waals surface area contributed by atoms with Gasteiger partial charge in [0.05, 0.1) is 37.0 Å². The van der Waals surface area contributed by atoms with Gasteiger partial charge in [0, 0.05) is 12.1 Å². The van der Waals surface area contributed by atoms with Gasteiger partial charge >= 0.3 is 24.4 Å². The smallest absolute Gasteiger partial charge is 0.416 e. The van der Waals surface area contributed by atoms with Gasteiger partial charge in [0.2, 0.25) is 0 Å². The number of esters is 1. The maximum absolute atomic E-state index is 13.8. The highest BCUT2D eigenvalue weighted by Crippen LogP contribution is 2.48. The Balaban J connectivity index is 1.47. The Morgan fingerprint density at radius 1 is 0.855 bits per heavy atom. The van der Waals surface area contributed by atoms with E-state index in [-0.39, 0.29) is 23.6 Å². The molecule has 0 unspecified atom stereocenters. The molecule has 1 aliphatic heterocycles. The lowest BCUT2D eigenvalue weighted by molar-refractivity contribution is -0.143. The fraction of sp³-hybridized carbons (Fsp3) is 0.349. The number of aryl methyl sites for hydroxylation is 1. The topological polar surface area (TPSA) is 65.1 Å². The molecule has 55 heavy (non-hydrogen) atoms. The van der Waals surface area contributed by atoms with E-state index in [1.165, 1.54) is 12.0 Å². The normalized spacial score (nSPS) is 18.7. The van der Waals surface area contributed by atoms with E-state index in [9.17, 15) is 35.9 Å². The monoisotopic (exact) mass is 765 g/mol. The predicted molar refractivity (Wildman–Crippen MR) is 196 cm³/mol. The van der Waals surface area contributed by atoms with Crippen LogP contribution >= 0.6 is 0 Å². The second-order valence-corrected chi connectivity index (χ2v) is 14.9. The van der Waals surface area contributed by atoms with Crippen molar-refractivity contribution in [3.8, 4) is 28.0 Å². The van der Waals surface area contributed by atoms with E-state index in [0.717, 1.165) is 50.9 Å². The number of para-hydroxylation sites is 1. The Bertz CT molecular complexity index is 2140. The number of cyclic esters (lactones) is 1. The molecule has 4 aromatic rings. The van der Waals surface area contributed by atoms with Crippen molar-refractivity contribution in [1.82, 2.24) is 4.90 Å². The third-order valence-corrected chi connectivity index (χ3v) is 10.6. The zero-order chi connectivity index (χ0) is 40.0. The minimum Gasteiger partial charge on any atom is -0.496 e. The number of hydrogen-bond acceptors (Lipinski definition) is 5. The first-order valence-corrected chi connectivity index (χ1v) is 17.8. The summed E-state index contributed by atoms with van der Waals surface area (Å²) >= 11 is 0. The predicted octanol–water partition coefficient (Wildman–Crippen LogP) is 11.7. The van der Waals surface area contributed by atoms with Crippen LogP contribution in [-0.2, 0) is 21.8 Å². The summed E-state index contributed by atoms with van der Waals surface area (Å²) in [7, 11) is 2.91. The summed E-state index contributed by atoms with van der Waals surface area (Å²) in [5.74, 6) is 0.194. The van der Waals surface area contributed by atoms with E-state index in [1.54, 1.807) is 26.2 Å². The molecule has 1 amide bonds. The molecule has 1 aliphatic carbocycles. The summed E-state index contributed by atoms with van der Waals surface area (Å²) in [4.78, 5) is 27.2. The number of nitrogens with zero attached hydrogens (tertiary/aromatic N) is 1. The molecule has 2 atom stereocenters. The van der Waals surface area contributed by atoms with Gasteiger partial charge in [0.1, 0.15) is 11.9 Å². The van der Waals surface area contributed by atoms with E-state index in [2.05, 4.69) is 19.9 Å². The maximum Gasteiger partial charge on any atom is 0.416 e. The van der Waals surface area contributed by atoms with Crippen molar-refractivity contribution >= 4 is 17.6 Å². The molecule has 1 saturated heterocycles. The minimum atomic E-state index is -5.05. The van der Waals surface area contributed by atoms with E-state index in [4.69, 9.17) is 14.2 Å². The van der Waals surface area contributed by atoms with E-state index in [1.807, 2.05) is 49.4 Å². The van der Waals surface area contributed by atoms with Crippen molar-refractivity contribution in [2.75, 3.05) is 20.8 Å². The number of amides is 1. The number of hydrogen-bond donors (Lipinski definition) is 0. The van der Waals surface area contributed by atoms with Gasteiger partial charge in [-0.2, -0.15) is 26.3 Å². The Kier molecular flexibility index (Phi) is 10.6. The number of carbonyl (C=O) groups excluding carboxylic acids is 2. The standard InChI is InChI=1S/C43H41F6NO5/c1-24-17-27(39(51)54-6)12-13-32(24)26-11-14-34(35-9-7-8-10-37(35)53-5)36(20-26)33-15-16-41(3,4)22-29(33)23-50-25(2)38(55-40(50)52)28-18-30(42(44,45)46)21-31(19-28)43(47,48)49/h7-14,17-21,25,38H,15-16,22-23H2,1-6H3/t25-,38-/m1/s1. The molecular formula is C43H41F6NO5. The molecule has 6 rings (SSSR count). The van der Waals surface area contributed by atoms with Gasteiger partial charge in [-0.1, -0.05) is 50.2 Å². The van der Waals surface area contributed by atoms with Gasteiger partial charge in [-0.15, -0.1) is 0 Å². The molecule has 1 heterocycles. The quantitative estimate of drug-likeness (QED) is 0.132. The molecule has 6 nitrogen and oxygen atoms in total. The zero-order valence-electron chi connectivity index (χ0n) is 31.2. The zero-order valence-corrected chi connectivity index (χ0v) is 31.2. The van der Waals surface area contributed by atoms with Crippen LogP contribution in [-0.4, -0.2) is 43.8 Å². The lowest BCUT2D eigenvalue weighted by Crippen LogP contribution is -2.35. The number of ether oxygens (including phenoxy) is 3. The van der Waals surface area contributed by atoms with Gasteiger partial charge in [-0.25, -0.2) is 9.59 Å². The molecule has 0 saturated carbocycles. The highest BCUT2D eigenvalue weighted by molar-refractivity contribution is 5.92. The van der Waals surface area contributed by atoms with Crippen molar-refractivity contribution in [1.29, 1.82) is 0 Å². The van der Waals surface area contributed by atoms with Gasteiger partial charge in [0.25, 0.3) is 0 Å². The van der Waals surface area contributed by atoms with Crippen LogP contribution in [0.15, 0.2) is 84.4 Å². The van der Waals surface area contributed by atoms with Gasteiger partial charge in [-0.05, 0) is 126 Å². The molecule has 2 aliphatic rings. The number of rotatable bonds is 8. The first-order chi connectivity index (χ1) is 25.8. The van der Waals surface area contributed by atoms with Gasteiger partial charge in [0.15, 0.2) is 0 Å². The molecule has 12 heteroatoms. The summed E-state index contributed by atoms with van der Waals surface area (Å²) in [6.07, 6.45) is -10.3. The maximum atomic E-state index is 13.8. The summed E-state index contributed by atoms with van der Waals surface area (Å²) < 4.78 is 98.8. The molecule has 0 aromatic heterocycles. The van der Waals surface area contributed by atoms with Crippen molar-refractivity contribution < 1.29 is 50.1 Å². The van der Waals surface area contributed by atoms with Crippen LogP contribution in [0.5, 0.6) is 5.75 Å². The highest BCUT2D eigenvalue weighted by Gasteiger charge is 2.44. The SMILES string of the molecule is COC(=O)c1ccc(-c2ccc(-c3ccccc3OC)c(C3=C(CN4C(=O)O[C@@H](c5cc(C(F)(F)F)cc(C(F)(F)F)c5)[C@H]4C)CC(C)(C)CC3)c2)c(C)c1. The molecule has 0 spiro atoms. The van der Waals surface area contributed by atoms with Crippen molar-refractivity contribution in [2.45, 2.75) is 71.5 Å². The fourth-order valence-corrected chi connectivity index (χ4v) is 7.69. The Morgan fingerprint density at radius 3 is 2.13 bits per heavy atom. The van der Waals surface area contributed by atoms with E-state index >= 15 is 0 Å². The Morgan fingerprint density at radius 2 is 1.51 bits per heavy atom. The summed E-state index contributed by atoms with van der Waals surface area (Å²) in [5, 5.41) is 0. The lowest BCUT2D eigenvalue weighted by atomic mass is 9.71. The number of alkyl halides is 6. The fourth-order valence-electron chi connectivity index (χ4n) is 7.69. The molecule has 0 radical (unpaired) electrons. The summed E-state index contributed by atoms with van der Waals surface area (Å²) in [6, 6.07) is 19.4. The van der Waals surface area contributed by atoms with Crippen LogP contribution in [0.3, 0.4) is 0 Å². The van der Waals surface area contributed by atoms with Crippen LogP contribution in [0.25, 0.3) is 27.8 Å². The first kappa shape index (κ1) is 39.4. The lowest BCUT2D eigenvalue weighted by Gasteiger charge is -2.36. The largest absolute Gasteiger partial charge is 0.496 e. The number of carbonyl (C=O) groups is 2. The number of halogens is 6. The Hall–Kier alpha value is -5.26. The molecule has 4 aromatic carbocycles. The van der Waals surface area contributed by atoms with Gasteiger partial charge < -0.3 is 14.2 Å². The first-order valence-electron chi connectivity index (χ1n) is 17.8. The molecule has 1 fully saturated rings. The summed E-state index contributed by atoms with van der Waals surface area (Å²) in [6.45, 7) is 7.75. The van der Waals surface area contributed by atoms with E-state index < -0.39 is 47.7 Å². The number of allylic oxidation sites excluding steroid dienone is 1. The molecule has 0 N–H and O–H groups in total. The third kappa shape index (κ3) is 8.09. The number of benzene rings is 4. The van der Waals surface area contributed by atoms with E-state index in [0.29, 0.717) is 36.3 Å². The minimum absolute atomic E-state index is 0.0444. The third-order valence-electron chi connectivity index (χ3n) is 10.6. The average Bonchev–Trinajstić information content (AvgIpc) is 3.41. The van der Waals surface area contributed by atoms with Crippen LogP contribution in [0.4, 0.5) is 31.1 Å². The van der Waals surface area contributed by atoms with Crippen LogP contribution in [0.1, 0.15) is 84.3 Å². The highest BCUT2D eigenvalue weighted by atomic mass is 19.4. The second kappa shape index (κ2) is 14.8. The van der Waals surface area contributed by atoms with Gasteiger partial charge in [-0.3, -0.25) is 4.90 Å². The average molecular weight is 766 g/mol. The van der Waals surface area contributed by atoms with Crippen molar-refractivity contribution in [3.63, 3.8) is 0 Å². The van der Waals surface area contributed by atoms with Crippen LogP contribution in [0.2, 0.25) is 0 Å². The Labute approximate surface area is 315 Å². The molecule has 290 valence electrons. The molecular weight excluding hydrogens is 724 g/mol. The van der Waals surface area contributed by atoms with Crippen LogP contribution < -0.4 is 4.74 Å². The molecule has 0 bridgehead atoms. The van der Waals surface area contributed by atoms with Crippen molar-refractivity contribution in [2.24, 2.45) is 5.41 Å². The van der Waals surface area contributed by atoms with Crippen LogP contribution in [0, 0.1) is 12.3 Å². The second-order valence-electron chi connectivity index (χ2n) is 14.9. The number of methoxy groups -OCH3 is 2.